The molecule has 2 atom stereocenters. The summed E-state index contributed by atoms with van der Waals surface area (Å²) < 4.78 is 14.8. The second-order valence-corrected chi connectivity index (χ2v) is 6.45. The molecule has 6 nitrogen and oxygen atoms in total. The lowest BCUT2D eigenvalue weighted by Gasteiger charge is -2.23. The lowest BCUT2D eigenvalue weighted by atomic mass is 9.98. The Morgan fingerprint density at radius 2 is 2.06 bits per heavy atom. The zero-order valence-electron chi connectivity index (χ0n) is 9.60. The fourth-order valence-corrected chi connectivity index (χ4v) is 2.20. The van der Waals surface area contributed by atoms with Crippen LogP contribution in [0.3, 0.4) is 0 Å². The monoisotopic (exact) mass is 285 g/mol. The van der Waals surface area contributed by atoms with Crippen molar-refractivity contribution in [1.82, 2.24) is 5.48 Å². The van der Waals surface area contributed by atoms with Crippen molar-refractivity contribution in [3.8, 4) is 0 Å². The zero-order valence-corrected chi connectivity index (χ0v) is 11.2. The van der Waals surface area contributed by atoms with Crippen molar-refractivity contribution in [3.05, 3.63) is 0 Å². The Morgan fingerprint density at radius 3 is 2.59 bits per heavy atom. The van der Waals surface area contributed by atoms with E-state index in [0.29, 0.717) is 0 Å². The van der Waals surface area contributed by atoms with E-state index in [4.69, 9.17) is 21.0 Å². The van der Waals surface area contributed by atoms with Gasteiger partial charge in [0.05, 0.1) is 6.10 Å². The van der Waals surface area contributed by atoms with Crippen LogP contribution in [0.5, 0.6) is 0 Å². The van der Waals surface area contributed by atoms with E-state index in [1.807, 2.05) is 0 Å². The second-order valence-electron chi connectivity index (χ2n) is 4.08. The fraction of sp³-hybridized carbons (Fsp3) is 0.889. The Kier molecular flexibility index (Phi) is 5.89. The van der Waals surface area contributed by atoms with Crippen LogP contribution >= 0.6 is 18.2 Å². The predicted molar refractivity (Wildman–Crippen MR) is 62.3 cm³/mol. The van der Waals surface area contributed by atoms with Gasteiger partial charge in [0, 0.05) is 11.2 Å². The number of carbonyl (C=O) groups is 1. The van der Waals surface area contributed by atoms with Crippen molar-refractivity contribution in [1.29, 1.82) is 0 Å². The van der Waals surface area contributed by atoms with Gasteiger partial charge in [-0.1, -0.05) is 19.3 Å². The minimum Gasteiger partial charge on any atom is -0.379 e. The molecular weight excluding hydrogens is 269 g/mol. The Hall–Kier alpha value is -0.130. The molecular formula is C9H17ClNO5P. The van der Waals surface area contributed by atoms with Crippen LogP contribution < -0.4 is 5.48 Å². The summed E-state index contributed by atoms with van der Waals surface area (Å²) in [7, 11) is 0. The molecule has 1 saturated carbocycles. The van der Waals surface area contributed by atoms with Crippen LogP contribution in [-0.2, 0) is 18.7 Å². The highest BCUT2D eigenvalue weighted by atomic mass is 35.7. The fourth-order valence-electron chi connectivity index (χ4n) is 1.62. The molecule has 2 N–H and O–H groups in total. The van der Waals surface area contributed by atoms with E-state index in [-0.39, 0.29) is 6.10 Å². The maximum absolute atomic E-state index is 11.2. The highest BCUT2D eigenvalue weighted by Crippen LogP contribution is 2.47. The molecule has 0 heterocycles. The van der Waals surface area contributed by atoms with E-state index in [1.165, 1.54) is 13.3 Å². The van der Waals surface area contributed by atoms with Gasteiger partial charge in [-0.3, -0.25) is 4.84 Å². The third kappa shape index (κ3) is 6.38. The molecule has 1 aliphatic rings. The number of carbonyl (C=O) groups excluding carboxylic acids is 1. The van der Waals surface area contributed by atoms with E-state index in [0.717, 1.165) is 25.7 Å². The van der Waals surface area contributed by atoms with Crippen molar-refractivity contribution in [2.45, 2.75) is 51.2 Å². The highest BCUT2D eigenvalue weighted by molar-refractivity contribution is 7.80. The first kappa shape index (κ1) is 14.9. The molecule has 17 heavy (non-hydrogen) atoms. The van der Waals surface area contributed by atoms with Crippen molar-refractivity contribution < 1.29 is 23.6 Å². The molecule has 1 fully saturated rings. The van der Waals surface area contributed by atoms with Gasteiger partial charge in [0.2, 0.25) is 0 Å². The van der Waals surface area contributed by atoms with Crippen LogP contribution in [0.2, 0.25) is 0 Å². The van der Waals surface area contributed by atoms with Gasteiger partial charge in [0.15, 0.2) is 0 Å². The molecule has 0 spiro atoms. The number of rotatable bonds is 5. The van der Waals surface area contributed by atoms with Gasteiger partial charge in [-0.15, -0.1) is 0 Å². The van der Waals surface area contributed by atoms with Crippen molar-refractivity contribution in [2.75, 3.05) is 0 Å². The summed E-state index contributed by atoms with van der Waals surface area (Å²) in [4.78, 5) is 25.2. The molecule has 0 aromatic heterocycles. The number of hydroxylamine groups is 1. The van der Waals surface area contributed by atoms with Crippen molar-refractivity contribution >= 4 is 24.2 Å². The Labute approximate surface area is 105 Å². The van der Waals surface area contributed by atoms with Gasteiger partial charge in [0.1, 0.15) is 6.04 Å². The summed E-state index contributed by atoms with van der Waals surface area (Å²) in [6.07, 6.45) is 5.40. The van der Waals surface area contributed by atoms with E-state index >= 15 is 0 Å². The van der Waals surface area contributed by atoms with Crippen LogP contribution in [0.4, 0.5) is 0 Å². The predicted octanol–water partition coefficient (Wildman–Crippen LogP) is 2.11. The van der Waals surface area contributed by atoms with Gasteiger partial charge >= 0.3 is 12.9 Å². The van der Waals surface area contributed by atoms with Gasteiger partial charge < -0.3 is 9.42 Å². The van der Waals surface area contributed by atoms with Gasteiger partial charge in [-0.25, -0.2) is 9.36 Å². The number of nitrogens with one attached hydrogen (secondary N) is 1. The molecule has 0 bridgehead atoms. The van der Waals surface area contributed by atoms with Gasteiger partial charge in [0.25, 0.3) is 0 Å². The average molecular weight is 286 g/mol. The first-order valence-electron chi connectivity index (χ1n) is 5.55. The third-order valence-corrected chi connectivity index (χ3v) is 3.13. The summed E-state index contributed by atoms with van der Waals surface area (Å²) in [6.45, 7) is -2.83. The lowest BCUT2D eigenvalue weighted by Crippen LogP contribution is -2.38. The minimum absolute atomic E-state index is 0.0796. The average Bonchev–Trinajstić information content (AvgIpc) is 2.25. The van der Waals surface area contributed by atoms with Crippen LogP contribution in [0.15, 0.2) is 0 Å². The topological polar surface area (TPSA) is 84.9 Å². The summed E-state index contributed by atoms with van der Waals surface area (Å²) in [6, 6.07) is -0.837. The first-order chi connectivity index (χ1) is 7.88. The largest absolute Gasteiger partial charge is 0.476 e. The molecule has 1 unspecified atom stereocenters. The minimum atomic E-state index is -4.30. The molecule has 0 aliphatic heterocycles. The van der Waals surface area contributed by atoms with Crippen LogP contribution in [0, 0.1) is 0 Å². The molecule has 100 valence electrons. The Bertz CT molecular complexity index is 302. The van der Waals surface area contributed by atoms with E-state index in [9.17, 15) is 9.36 Å². The van der Waals surface area contributed by atoms with Gasteiger partial charge in [-0.2, -0.15) is 5.48 Å². The van der Waals surface area contributed by atoms with E-state index < -0.39 is 19.0 Å². The molecule has 1 rings (SSSR count). The van der Waals surface area contributed by atoms with Crippen LogP contribution in [0.1, 0.15) is 39.0 Å². The summed E-state index contributed by atoms with van der Waals surface area (Å²) in [5.41, 5.74) is 2.51. The molecule has 1 aliphatic carbocycles. The Morgan fingerprint density at radius 1 is 1.47 bits per heavy atom. The molecule has 8 heteroatoms. The summed E-state index contributed by atoms with van der Waals surface area (Å²) in [5.74, 6) is -0.915. The number of hydrogen-bond acceptors (Lipinski definition) is 5. The maximum Gasteiger partial charge on any atom is 0.476 e. The Balaban J connectivity index is 2.26. The number of halogens is 1. The maximum atomic E-state index is 11.2. The molecule has 0 aromatic carbocycles. The van der Waals surface area contributed by atoms with E-state index in [2.05, 4.69) is 10.0 Å². The molecule has 0 amide bonds. The smallest absolute Gasteiger partial charge is 0.379 e. The highest BCUT2D eigenvalue weighted by Gasteiger charge is 2.25. The van der Waals surface area contributed by atoms with Crippen LogP contribution in [0.25, 0.3) is 0 Å². The molecule has 0 aromatic rings. The normalized spacial score (nSPS) is 22.8. The van der Waals surface area contributed by atoms with Crippen LogP contribution in [-0.4, -0.2) is 23.0 Å². The number of hydrogen-bond donors (Lipinski definition) is 2. The molecule has 0 radical (unpaired) electrons. The van der Waals surface area contributed by atoms with Crippen molar-refractivity contribution in [3.63, 3.8) is 0 Å². The second kappa shape index (κ2) is 6.71. The standard InChI is InChI=1S/C9H17ClNO5P/c1-7(9(12)16-17(10,13)14)11-15-8-5-3-2-4-6-8/h7-8,11H,2-6H2,1H3,(H,13,14)/t7-/m0/s1. The zero-order chi connectivity index (χ0) is 12.9. The van der Waals surface area contributed by atoms with Crippen molar-refractivity contribution in [2.24, 2.45) is 0 Å². The quantitative estimate of drug-likeness (QED) is 0.594. The summed E-state index contributed by atoms with van der Waals surface area (Å²) >= 11 is 4.92. The molecule has 0 saturated heterocycles. The third-order valence-electron chi connectivity index (χ3n) is 2.52. The SMILES string of the molecule is C[C@H](NOC1CCCCC1)C(=O)OP(=O)(O)Cl. The van der Waals surface area contributed by atoms with E-state index in [1.54, 1.807) is 0 Å². The first-order valence-corrected chi connectivity index (χ1v) is 8.04. The lowest BCUT2D eigenvalue weighted by molar-refractivity contribution is -0.143. The van der Waals surface area contributed by atoms with Gasteiger partial charge in [-0.05, 0) is 19.8 Å². The summed E-state index contributed by atoms with van der Waals surface area (Å²) in [5, 5.41) is 0.